The largest absolute Gasteiger partial charge is 0.351 e. The van der Waals surface area contributed by atoms with Crippen LogP contribution in [0.2, 0.25) is 0 Å². The Morgan fingerprint density at radius 1 is 1.27 bits per heavy atom. The number of rotatable bonds is 6. The van der Waals surface area contributed by atoms with Crippen molar-refractivity contribution in [2.24, 2.45) is 5.73 Å². The van der Waals surface area contributed by atoms with Gasteiger partial charge in [-0.1, -0.05) is 37.6 Å². The van der Waals surface area contributed by atoms with Crippen molar-refractivity contribution in [2.45, 2.75) is 32.4 Å². The summed E-state index contributed by atoms with van der Waals surface area (Å²) in [5.41, 5.74) is 8.79. The third-order valence-corrected chi connectivity index (χ3v) is 3.29. The van der Waals surface area contributed by atoms with Crippen molar-refractivity contribution in [2.75, 3.05) is 0 Å². The Kier molecular flexibility index (Phi) is 7.57. The summed E-state index contributed by atoms with van der Waals surface area (Å²) in [7, 11) is 0. The predicted molar refractivity (Wildman–Crippen MR) is 91.7 cm³/mol. The van der Waals surface area contributed by atoms with Crippen molar-refractivity contribution in [3.05, 3.63) is 54.2 Å². The number of amides is 1. The van der Waals surface area contributed by atoms with Crippen LogP contribution in [-0.2, 0) is 11.3 Å². The summed E-state index contributed by atoms with van der Waals surface area (Å²) in [6.45, 7) is 2.50. The van der Waals surface area contributed by atoms with E-state index in [1.54, 1.807) is 6.20 Å². The third kappa shape index (κ3) is 5.13. The highest BCUT2D eigenvalue weighted by atomic mass is 35.5. The zero-order chi connectivity index (χ0) is 15.1. The average molecular weight is 320 g/mol. The molecule has 0 aliphatic heterocycles. The summed E-state index contributed by atoms with van der Waals surface area (Å²) in [6.07, 6.45) is 3.39. The molecule has 22 heavy (non-hydrogen) atoms. The van der Waals surface area contributed by atoms with Crippen LogP contribution in [0.3, 0.4) is 0 Å². The van der Waals surface area contributed by atoms with Crippen molar-refractivity contribution in [1.82, 2.24) is 10.3 Å². The first-order chi connectivity index (χ1) is 10.2. The fraction of sp³-hybridized carbons (Fsp3) is 0.294. The van der Waals surface area contributed by atoms with Crippen molar-refractivity contribution >= 4 is 18.3 Å². The van der Waals surface area contributed by atoms with Crippen LogP contribution >= 0.6 is 12.4 Å². The number of hydrogen-bond donors (Lipinski definition) is 2. The van der Waals surface area contributed by atoms with Gasteiger partial charge in [0, 0.05) is 18.3 Å². The molecule has 4 nitrogen and oxygen atoms in total. The van der Waals surface area contributed by atoms with Gasteiger partial charge in [0.1, 0.15) is 0 Å². The zero-order valence-electron chi connectivity index (χ0n) is 12.7. The molecule has 0 bridgehead atoms. The highest BCUT2D eigenvalue weighted by Gasteiger charge is 2.11. The van der Waals surface area contributed by atoms with E-state index in [0.717, 1.165) is 23.2 Å². The second-order valence-corrected chi connectivity index (χ2v) is 5.03. The Balaban J connectivity index is 0.00000242. The minimum absolute atomic E-state index is 0. The van der Waals surface area contributed by atoms with Crippen LogP contribution in [-0.4, -0.2) is 16.9 Å². The monoisotopic (exact) mass is 319 g/mol. The predicted octanol–water partition coefficient (Wildman–Crippen LogP) is 2.91. The topological polar surface area (TPSA) is 68.0 Å². The van der Waals surface area contributed by atoms with Gasteiger partial charge in [-0.2, -0.15) is 0 Å². The number of pyridine rings is 1. The van der Waals surface area contributed by atoms with Crippen LogP contribution in [0.15, 0.2) is 48.7 Å². The fourth-order valence-electron chi connectivity index (χ4n) is 2.14. The molecular weight excluding hydrogens is 298 g/mol. The highest BCUT2D eigenvalue weighted by Crippen LogP contribution is 2.17. The number of nitrogens with one attached hydrogen (secondary N) is 1. The van der Waals surface area contributed by atoms with E-state index in [4.69, 9.17) is 5.73 Å². The molecule has 0 radical (unpaired) electrons. The molecule has 1 aromatic carbocycles. The fourth-order valence-corrected chi connectivity index (χ4v) is 2.14. The summed E-state index contributed by atoms with van der Waals surface area (Å²) >= 11 is 0. The van der Waals surface area contributed by atoms with Crippen molar-refractivity contribution in [3.8, 4) is 11.3 Å². The van der Waals surface area contributed by atoms with E-state index >= 15 is 0 Å². The van der Waals surface area contributed by atoms with Crippen LogP contribution in [0.1, 0.15) is 25.3 Å². The van der Waals surface area contributed by atoms with Gasteiger partial charge in [0.15, 0.2) is 0 Å². The Hall–Kier alpha value is -1.91. The van der Waals surface area contributed by atoms with Gasteiger partial charge in [-0.25, -0.2) is 0 Å². The number of carbonyl (C=O) groups is 1. The maximum Gasteiger partial charge on any atom is 0.237 e. The molecule has 0 aliphatic carbocycles. The molecule has 2 aromatic rings. The number of halogens is 1. The van der Waals surface area contributed by atoms with Gasteiger partial charge in [0.05, 0.1) is 11.7 Å². The first-order valence-corrected chi connectivity index (χ1v) is 7.24. The van der Waals surface area contributed by atoms with E-state index in [-0.39, 0.29) is 18.3 Å². The van der Waals surface area contributed by atoms with E-state index in [2.05, 4.69) is 10.3 Å². The Labute approximate surface area is 137 Å². The van der Waals surface area contributed by atoms with E-state index in [1.807, 2.05) is 49.4 Å². The van der Waals surface area contributed by atoms with Crippen LogP contribution in [0.4, 0.5) is 0 Å². The second kappa shape index (κ2) is 9.18. The summed E-state index contributed by atoms with van der Waals surface area (Å²) in [6, 6.07) is 13.4. The molecule has 0 fully saturated rings. The van der Waals surface area contributed by atoms with Gasteiger partial charge in [0.2, 0.25) is 5.91 Å². The highest BCUT2D eigenvalue weighted by molar-refractivity contribution is 5.85. The number of nitrogens with zero attached hydrogens (tertiary/aromatic N) is 1. The number of carbonyl (C=O) groups excluding carboxylic acids is 1. The molecule has 1 amide bonds. The summed E-state index contributed by atoms with van der Waals surface area (Å²) in [5.74, 6) is -0.0971. The van der Waals surface area contributed by atoms with Gasteiger partial charge in [-0.3, -0.25) is 9.78 Å². The average Bonchev–Trinajstić information content (AvgIpc) is 2.54. The first kappa shape index (κ1) is 18.1. The lowest BCUT2D eigenvalue weighted by Crippen LogP contribution is -2.40. The van der Waals surface area contributed by atoms with E-state index in [0.29, 0.717) is 13.0 Å². The number of aromatic nitrogens is 1. The standard InChI is InChI=1S/C17H21N3O.ClH/c1-2-6-15(18)17(21)20-12-13-7-5-8-14(11-13)16-9-3-4-10-19-16;/h3-5,7-11,15H,2,6,12,18H2,1H3,(H,20,21);1H. The number of benzene rings is 1. The quantitative estimate of drug-likeness (QED) is 0.860. The molecule has 0 aliphatic rings. The van der Waals surface area contributed by atoms with Gasteiger partial charge in [-0.05, 0) is 30.2 Å². The molecule has 0 saturated carbocycles. The Bertz CT molecular complexity index is 589. The van der Waals surface area contributed by atoms with Gasteiger partial charge >= 0.3 is 0 Å². The lowest BCUT2D eigenvalue weighted by Gasteiger charge is -2.11. The zero-order valence-corrected chi connectivity index (χ0v) is 13.5. The molecule has 1 heterocycles. The molecular formula is C17H22ClN3O. The molecule has 3 N–H and O–H groups in total. The summed E-state index contributed by atoms with van der Waals surface area (Å²) in [4.78, 5) is 16.1. The number of hydrogen-bond acceptors (Lipinski definition) is 3. The maximum absolute atomic E-state index is 11.8. The molecule has 5 heteroatoms. The van der Waals surface area contributed by atoms with Gasteiger partial charge < -0.3 is 11.1 Å². The SMILES string of the molecule is CCCC(N)C(=O)NCc1cccc(-c2ccccn2)c1.Cl. The minimum Gasteiger partial charge on any atom is -0.351 e. The van der Waals surface area contributed by atoms with Gasteiger partial charge in [0.25, 0.3) is 0 Å². The van der Waals surface area contributed by atoms with Crippen LogP contribution in [0.25, 0.3) is 11.3 Å². The lowest BCUT2D eigenvalue weighted by molar-refractivity contribution is -0.122. The minimum atomic E-state index is -0.422. The van der Waals surface area contributed by atoms with E-state index in [1.165, 1.54) is 0 Å². The molecule has 118 valence electrons. The van der Waals surface area contributed by atoms with E-state index in [9.17, 15) is 4.79 Å². The van der Waals surface area contributed by atoms with Crippen molar-refractivity contribution in [3.63, 3.8) is 0 Å². The molecule has 1 unspecified atom stereocenters. The second-order valence-electron chi connectivity index (χ2n) is 5.03. The summed E-state index contributed by atoms with van der Waals surface area (Å²) < 4.78 is 0. The van der Waals surface area contributed by atoms with Crippen LogP contribution in [0, 0.1) is 0 Å². The Morgan fingerprint density at radius 3 is 2.77 bits per heavy atom. The van der Waals surface area contributed by atoms with Crippen molar-refractivity contribution in [1.29, 1.82) is 0 Å². The smallest absolute Gasteiger partial charge is 0.237 e. The molecule has 2 rings (SSSR count). The van der Waals surface area contributed by atoms with Crippen LogP contribution < -0.4 is 11.1 Å². The van der Waals surface area contributed by atoms with Gasteiger partial charge in [-0.15, -0.1) is 12.4 Å². The molecule has 0 spiro atoms. The molecule has 0 saturated heterocycles. The normalized spacial score (nSPS) is 11.4. The number of nitrogens with two attached hydrogens (primary N) is 1. The lowest BCUT2D eigenvalue weighted by atomic mass is 10.1. The third-order valence-electron chi connectivity index (χ3n) is 3.29. The first-order valence-electron chi connectivity index (χ1n) is 7.24. The van der Waals surface area contributed by atoms with Crippen molar-refractivity contribution < 1.29 is 4.79 Å². The van der Waals surface area contributed by atoms with E-state index < -0.39 is 6.04 Å². The Morgan fingerprint density at radius 2 is 2.09 bits per heavy atom. The maximum atomic E-state index is 11.8. The molecule has 1 aromatic heterocycles. The molecule has 1 atom stereocenters. The summed E-state index contributed by atoms with van der Waals surface area (Å²) in [5, 5.41) is 2.88. The van der Waals surface area contributed by atoms with Crippen LogP contribution in [0.5, 0.6) is 0 Å².